The normalized spacial score (nSPS) is 10.6. The van der Waals surface area contributed by atoms with Crippen molar-refractivity contribution in [3.8, 4) is 0 Å². The van der Waals surface area contributed by atoms with Crippen LogP contribution in [-0.4, -0.2) is 10.6 Å². The monoisotopic (exact) mass is 129 g/mol. The summed E-state index contributed by atoms with van der Waals surface area (Å²) in [5.41, 5.74) is 1.85. The average molecular weight is 129 g/mol. The van der Waals surface area contributed by atoms with Crippen molar-refractivity contribution in [2.75, 3.05) is 0 Å². The molecule has 2 nitrogen and oxygen atoms in total. The maximum Gasteiger partial charge on any atom is 0.0240 e. The number of nitrogens with one attached hydrogen (secondary N) is 1. The number of rotatable bonds is 3. The second-order valence-electron chi connectivity index (χ2n) is 1.01. The number of hydroxylamine groups is 1. The third-order valence-corrected chi connectivity index (χ3v) is 0.629. The van der Waals surface area contributed by atoms with E-state index in [-0.39, 0.29) is 0 Å². The molecule has 44 valence electrons. The van der Waals surface area contributed by atoms with Crippen LogP contribution in [0.15, 0.2) is 24.4 Å². The molecular weight excluding hydrogens is 122 g/mol. The van der Waals surface area contributed by atoms with E-state index in [4.69, 9.17) is 5.21 Å². The molecule has 0 rings (SSSR count). The summed E-state index contributed by atoms with van der Waals surface area (Å²) in [4.78, 5) is 0. The van der Waals surface area contributed by atoms with Crippen molar-refractivity contribution in [2.45, 2.75) is 0 Å². The first kappa shape index (κ1) is 7.33. The Bertz CT molecular complexity index is 109. The van der Waals surface area contributed by atoms with E-state index in [0.29, 0.717) is 0 Å². The average Bonchev–Trinajstić information content (AvgIpc) is 1.81. The lowest BCUT2D eigenvalue weighted by atomic mass is 10.5. The lowest BCUT2D eigenvalue weighted by Gasteiger charge is -1.76. The van der Waals surface area contributed by atoms with Crippen LogP contribution in [0.25, 0.3) is 0 Å². The summed E-state index contributed by atoms with van der Waals surface area (Å²) in [6.45, 7) is 0. The van der Waals surface area contributed by atoms with Gasteiger partial charge < -0.3 is 0 Å². The van der Waals surface area contributed by atoms with Crippen LogP contribution in [0.4, 0.5) is 0 Å². The topological polar surface area (TPSA) is 32.3 Å². The largest absolute Gasteiger partial charge is 0.292 e. The van der Waals surface area contributed by atoms with Crippen LogP contribution in [0.3, 0.4) is 0 Å². The molecule has 8 heavy (non-hydrogen) atoms. The Labute approximate surface area is 53.5 Å². The quantitative estimate of drug-likeness (QED) is 0.258. The van der Waals surface area contributed by atoms with E-state index < -0.39 is 0 Å². The molecule has 2 N–H and O–H groups in total. The van der Waals surface area contributed by atoms with Crippen LogP contribution >= 0.6 is 12.2 Å². The molecule has 0 aromatic rings. The molecular formula is C5H7NOS. The lowest BCUT2D eigenvalue weighted by molar-refractivity contribution is 0.214. The van der Waals surface area contributed by atoms with E-state index in [1.165, 1.54) is 11.6 Å². The van der Waals surface area contributed by atoms with Crippen LogP contribution < -0.4 is 5.48 Å². The minimum absolute atomic E-state index is 1.38. The molecule has 0 aromatic carbocycles. The van der Waals surface area contributed by atoms with Crippen molar-refractivity contribution in [2.24, 2.45) is 0 Å². The summed E-state index contributed by atoms with van der Waals surface area (Å²) in [5.74, 6) is 0. The van der Waals surface area contributed by atoms with Gasteiger partial charge >= 0.3 is 0 Å². The van der Waals surface area contributed by atoms with Crippen molar-refractivity contribution in [1.82, 2.24) is 5.48 Å². The fraction of sp³-hybridized carbons (Fsp3) is 0. The van der Waals surface area contributed by atoms with Gasteiger partial charge in [0.05, 0.1) is 0 Å². The van der Waals surface area contributed by atoms with E-state index in [2.05, 4.69) is 12.2 Å². The van der Waals surface area contributed by atoms with E-state index in [1.807, 2.05) is 5.48 Å². The van der Waals surface area contributed by atoms with Gasteiger partial charge in [-0.25, -0.2) is 0 Å². The molecule has 0 radical (unpaired) electrons. The second kappa shape index (κ2) is 6.33. The van der Waals surface area contributed by atoms with Gasteiger partial charge in [-0.3, -0.25) is 10.7 Å². The van der Waals surface area contributed by atoms with Gasteiger partial charge in [-0.15, -0.1) is 0 Å². The molecule has 0 atom stereocenters. The van der Waals surface area contributed by atoms with Crippen molar-refractivity contribution >= 4 is 17.6 Å². The summed E-state index contributed by atoms with van der Waals surface area (Å²) in [7, 11) is 0. The molecule has 0 unspecified atom stereocenters. The zero-order valence-electron chi connectivity index (χ0n) is 4.24. The van der Waals surface area contributed by atoms with Gasteiger partial charge in [0.1, 0.15) is 0 Å². The van der Waals surface area contributed by atoms with Gasteiger partial charge in [-0.05, 0) is 6.08 Å². The van der Waals surface area contributed by atoms with E-state index in [9.17, 15) is 0 Å². The predicted molar refractivity (Wildman–Crippen MR) is 36.9 cm³/mol. The van der Waals surface area contributed by atoms with Gasteiger partial charge in [0, 0.05) is 11.6 Å². The second-order valence-corrected chi connectivity index (χ2v) is 1.28. The lowest BCUT2D eigenvalue weighted by Crippen LogP contribution is -1.91. The van der Waals surface area contributed by atoms with Crippen LogP contribution in [0.5, 0.6) is 0 Å². The number of allylic oxidation sites excluding steroid dienone is 3. The molecule has 0 aliphatic carbocycles. The Kier molecular flexibility index (Phi) is 5.80. The molecule has 3 heteroatoms. The summed E-state index contributed by atoms with van der Waals surface area (Å²) >= 11 is 4.47. The maximum atomic E-state index is 7.96. The van der Waals surface area contributed by atoms with E-state index in [1.54, 1.807) is 18.2 Å². The molecule has 0 aliphatic heterocycles. The first-order valence-electron chi connectivity index (χ1n) is 2.08. The highest BCUT2D eigenvalue weighted by molar-refractivity contribution is 7.79. The molecule has 0 spiro atoms. The standard InChI is InChI=1S/C5H7NOS/c7-6-4-2-1-3-5-8/h1-7H. The molecule has 0 saturated heterocycles. The van der Waals surface area contributed by atoms with Crippen LogP contribution in [0.1, 0.15) is 0 Å². The summed E-state index contributed by atoms with van der Waals surface area (Å²) in [6.07, 6.45) is 6.40. The highest BCUT2D eigenvalue weighted by Crippen LogP contribution is 1.70. The van der Waals surface area contributed by atoms with Gasteiger partial charge in [0.2, 0.25) is 0 Å². The summed E-state index contributed by atoms with van der Waals surface area (Å²) < 4.78 is 0. The molecule has 0 bridgehead atoms. The fourth-order valence-corrected chi connectivity index (χ4v) is 0.299. The first-order valence-corrected chi connectivity index (χ1v) is 2.55. The van der Waals surface area contributed by atoms with Crippen LogP contribution in [0, 0.1) is 0 Å². The Hall–Kier alpha value is -0.670. The van der Waals surface area contributed by atoms with Gasteiger partial charge in [-0.1, -0.05) is 24.4 Å². The van der Waals surface area contributed by atoms with Crippen LogP contribution in [0.2, 0.25) is 0 Å². The molecule has 0 fully saturated rings. The fourth-order valence-electron chi connectivity index (χ4n) is 0.208. The zero-order chi connectivity index (χ0) is 6.24. The highest BCUT2D eigenvalue weighted by Gasteiger charge is 1.57. The number of hydrogen-bond acceptors (Lipinski definition) is 3. The minimum Gasteiger partial charge on any atom is -0.292 e. The van der Waals surface area contributed by atoms with E-state index >= 15 is 0 Å². The van der Waals surface area contributed by atoms with Crippen molar-refractivity contribution in [3.05, 3.63) is 24.4 Å². The van der Waals surface area contributed by atoms with E-state index in [0.717, 1.165) is 0 Å². The Morgan fingerprint density at radius 2 is 2.00 bits per heavy atom. The summed E-state index contributed by atoms with van der Waals surface area (Å²) in [6, 6.07) is 0. The Balaban J connectivity index is 3.26. The van der Waals surface area contributed by atoms with Gasteiger partial charge in [0.15, 0.2) is 0 Å². The molecule has 0 aromatic heterocycles. The third kappa shape index (κ3) is 5.33. The summed E-state index contributed by atoms with van der Waals surface area (Å²) in [5, 5.41) is 9.45. The minimum atomic E-state index is 1.38. The smallest absolute Gasteiger partial charge is 0.0240 e. The van der Waals surface area contributed by atoms with Crippen molar-refractivity contribution < 1.29 is 5.21 Å². The molecule has 0 heterocycles. The Morgan fingerprint density at radius 3 is 2.50 bits per heavy atom. The number of hydrogen-bond donors (Lipinski definition) is 2. The third-order valence-electron chi connectivity index (χ3n) is 0.472. The first-order chi connectivity index (χ1) is 3.91. The highest BCUT2D eigenvalue weighted by atomic mass is 32.1. The molecule has 0 saturated carbocycles. The number of thiocarbonyl (C=S) groups is 1. The van der Waals surface area contributed by atoms with Gasteiger partial charge in [0.25, 0.3) is 0 Å². The zero-order valence-corrected chi connectivity index (χ0v) is 5.06. The van der Waals surface area contributed by atoms with Crippen molar-refractivity contribution in [1.29, 1.82) is 0 Å². The SMILES string of the molecule is ONC=CC=CC=S. The molecule has 0 amide bonds. The molecule has 0 aliphatic rings. The van der Waals surface area contributed by atoms with Crippen LogP contribution in [-0.2, 0) is 0 Å². The maximum absolute atomic E-state index is 7.96. The van der Waals surface area contributed by atoms with Crippen molar-refractivity contribution in [3.63, 3.8) is 0 Å². The Morgan fingerprint density at radius 1 is 1.25 bits per heavy atom. The van der Waals surface area contributed by atoms with Gasteiger partial charge in [-0.2, -0.15) is 0 Å². The predicted octanol–water partition coefficient (Wildman–Crippen LogP) is 1.03.